The molecule has 1 aliphatic carbocycles. The SMILES string of the molecule is OC(CN(Cc1ccncc1)C1CC1)c1ccccc1Cl. The van der Waals surface area contributed by atoms with E-state index in [9.17, 15) is 5.11 Å². The summed E-state index contributed by atoms with van der Waals surface area (Å²) in [5.41, 5.74) is 2.03. The fraction of sp³-hybridized carbons (Fsp3) is 0.353. The van der Waals surface area contributed by atoms with Crippen molar-refractivity contribution in [1.82, 2.24) is 9.88 Å². The van der Waals surface area contributed by atoms with E-state index in [1.807, 2.05) is 48.8 Å². The van der Waals surface area contributed by atoms with E-state index in [1.54, 1.807) is 0 Å². The highest BCUT2D eigenvalue weighted by Gasteiger charge is 2.30. The highest BCUT2D eigenvalue weighted by Crippen LogP contribution is 2.31. The zero-order chi connectivity index (χ0) is 14.7. The standard InChI is InChI=1S/C17H19ClN2O/c18-16-4-2-1-3-15(16)17(21)12-20(14-5-6-14)11-13-7-9-19-10-8-13/h1-4,7-10,14,17,21H,5-6,11-12H2. The van der Waals surface area contributed by atoms with Crippen LogP contribution in [0.25, 0.3) is 0 Å². The van der Waals surface area contributed by atoms with Gasteiger partial charge in [0.15, 0.2) is 0 Å². The van der Waals surface area contributed by atoms with Crippen molar-refractivity contribution in [3.63, 3.8) is 0 Å². The molecule has 1 N–H and O–H groups in total. The number of nitrogens with zero attached hydrogens (tertiary/aromatic N) is 2. The Morgan fingerprint density at radius 2 is 1.90 bits per heavy atom. The van der Waals surface area contributed by atoms with Crippen molar-refractivity contribution in [2.24, 2.45) is 0 Å². The number of aliphatic hydroxyl groups is 1. The van der Waals surface area contributed by atoms with Gasteiger partial charge in [0.25, 0.3) is 0 Å². The van der Waals surface area contributed by atoms with Gasteiger partial charge in [0.2, 0.25) is 0 Å². The van der Waals surface area contributed by atoms with Crippen molar-refractivity contribution >= 4 is 11.6 Å². The van der Waals surface area contributed by atoms with E-state index in [1.165, 1.54) is 18.4 Å². The summed E-state index contributed by atoms with van der Waals surface area (Å²) in [5, 5.41) is 11.1. The molecule has 1 aromatic heterocycles. The van der Waals surface area contributed by atoms with Crippen LogP contribution in [-0.4, -0.2) is 27.6 Å². The Balaban J connectivity index is 1.69. The van der Waals surface area contributed by atoms with Gasteiger partial charge in [0.05, 0.1) is 6.10 Å². The van der Waals surface area contributed by atoms with Crippen LogP contribution in [0.1, 0.15) is 30.1 Å². The van der Waals surface area contributed by atoms with Crippen LogP contribution < -0.4 is 0 Å². The summed E-state index contributed by atoms with van der Waals surface area (Å²) in [5.74, 6) is 0. The third-order valence-electron chi connectivity index (χ3n) is 3.87. The predicted molar refractivity (Wildman–Crippen MR) is 84.1 cm³/mol. The Morgan fingerprint density at radius 1 is 1.19 bits per heavy atom. The van der Waals surface area contributed by atoms with Crippen molar-refractivity contribution in [2.45, 2.75) is 31.5 Å². The lowest BCUT2D eigenvalue weighted by atomic mass is 10.1. The summed E-state index contributed by atoms with van der Waals surface area (Å²) < 4.78 is 0. The summed E-state index contributed by atoms with van der Waals surface area (Å²) in [6.07, 6.45) is 5.48. The maximum Gasteiger partial charge on any atom is 0.0931 e. The molecule has 2 aromatic rings. The fourth-order valence-corrected chi connectivity index (χ4v) is 2.83. The van der Waals surface area contributed by atoms with E-state index in [4.69, 9.17) is 11.6 Å². The van der Waals surface area contributed by atoms with Gasteiger partial charge >= 0.3 is 0 Å². The van der Waals surface area contributed by atoms with E-state index in [0.717, 1.165) is 12.1 Å². The Labute approximate surface area is 130 Å². The van der Waals surface area contributed by atoms with E-state index in [-0.39, 0.29) is 0 Å². The first-order valence-corrected chi connectivity index (χ1v) is 7.67. The average molecular weight is 303 g/mol. The number of pyridine rings is 1. The molecule has 110 valence electrons. The Bertz CT molecular complexity index is 586. The molecule has 21 heavy (non-hydrogen) atoms. The van der Waals surface area contributed by atoms with Crippen LogP contribution in [-0.2, 0) is 6.54 Å². The van der Waals surface area contributed by atoms with Gasteiger partial charge in [-0.15, -0.1) is 0 Å². The lowest BCUT2D eigenvalue weighted by Crippen LogP contribution is -2.30. The Hall–Kier alpha value is -1.42. The molecule has 1 saturated carbocycles. The predicted octanol–water partition coefficient (Wildman–Crippen LogP) is 3.43. The van der Waals surface area contributed by atoms with Gasteiger partial charge in [-0.05, 0) is 36.6 Å². The van der Waals surface area contributed by atoms with Crippen molar-refractivity contribution in [3.05, 3.63) is 64.9 Å². The first-order valence-electron chi connectivity index (χ1n) is 7.29. The van der Waals surface area contributed by atoms with Crippen LogP contribution in [0.15, 0.2) is 48.8 Å². The van der Waals surface area contributed by atoms with Crippen LogP contribution >= 0.6 is 11.6 Å². The largest absolute Gasteiger partial charge is 0.387 e. The molecule has 0 radical (unpaired) electrons. The quantitative estimate of drug-likeness (QED) is 0.888. The molecule has 1 aliphatic rings. The minimum Gasteiger partial charge on any atom is -0.387 e. The van der Waals surface area contributed by atoms with Crippen LogP contribution in [0.4, 0.5) is 0 Å². The molecule has 1 aromatic carbocycles. The molecule has 3 rings (SSSR count). The first kappa shape index (κ1) is 14.5. The van der Waals surface area contributed by atoms with Crippen molar-refractivity contribution in [1.29, 1.82) is 0 Å². The molecule has 0 spiro atoms. The van der Waals surface area contributed by atoms with E-state index >= 15 is 0 Å². The van der Waals surface area contributed by atoms with Crippen molar-refractivity contribution in [2.75, 3.05) is 6.54 Å². The van der Waals surface area contributed by atoms with Gasteiger partial charge in [-0.2, -0.15) is 0 Å². The summed E-state index contributed by atoms with van der Waals surface area (Å²) in [4.78, 5) is 6.38. The Kier molecular flexibility index (Phi) is 4.54. The molecule has 1 atom stereocenters. The molecule has 4 heteroatoms. The molecule has 0 bridgehead atoms. The monoisotopic (exact) mass is 302 g/mol. The number of rotatable bonds is 6. The smallest absolute Gasteiger partial charge is 0.0931 e. The van der Waals surface area contributed by atoms with Gasteiger partial charge in [0.1, 0.15) is 0 Å². The maximum absolute atomic E-state index is 10.5. The van der Waals surface area contributed by atoms with Crippen LogP contribution in [0, 0.1) is 0 Å². The first-order chi connectivity index (χ1) is 10.2. The number of benzene rings is 1. The zero-order valence-corrected chi connectivity index (χ0v) is 12.6. The zero-order valence-electron chi connectivity index (χ0n) is 11.8. The number of aromatic nitrogens is 1. The summed E-state index contributed by atoms with van der Waals surface area (Å²) in [7, 11) is 0. The second-order valence-electron chi connectivity index (χ2n) is 5.55. The second kappa shape index (κ2) is 6.56. The number of hydrogen-bond donors (Lipinski definition) is 1. The minimum atomic E-state index is -0.555. The topological polar surface area (TPSA) is 36.4 Å². The molecule has 3 nitrogen and oxygen atoms in total. The average Bonchev–Trinajstić information content (AvgIpc) is 3.32. The van der Waals surface area contributed by atoms with Crippen LogP contribution in [0.3, 0.4) is 0 Å². The highest BCUT2D eigenvalue weighted by molar-refractivity contribution is 6.31. The number of hydrogen-bond acceptors (Lipinski definition) is 3. The lowest BCUT2D eigenvalue weighted by molar-refractivity contribution is 0.104. The summed E-state index contributed by atoms with van der Waals surface area (Å²) in [6.45, 7) is 1.45. The summed E-state index contributed by atoms with van der Waals surface area (Å²) >= 11 is 6.17. The fourth-order valence-electron chi connectivity index (χ4n) is 2.57. The van der Waals surface area contributed by atoms with Crippen LogP contribution in [0.2, 0.25) is 5.02 Å². The molecule has 0 saturated heterocycles. The normalized spacial score (nSPS) is 16.1. The van der Waals surface area contributed by atoms with Crippen molar-refractivity contribution < 1.29 is 5.11 Å². The van der Waals surface area contributed by atoms with Crippen molar-refractivity contribution in [3.8, 4) is 0 Å². The molecule has 1 heterocycles. The van der Waals surface area contributed by atoms with Gasteiger partial charge < -0.3 is 5.11 Å². The highest BCUT2D eigenvalue weighted by atomic mass is 35.5. The van der Waals surface area contributed by atoms with E-state index in [0.29, 0.717) is 17.6 Å². The maximum atomic E-state index is 10.5. The number of halogens is 1. The third-order valence-corrected chi connectivity index (χ3v) is 4.21. The van der Waals surface area contributed by atoms with E-state index < -0.39 is 6.10 Å². The second-order valence-corrected chi connectivity index (χ2v) is 5.96. The molecular formula is C17H19ClN2O. The lowest BCUT2D eigenvalue weighted by Gasteiger charge is -2.25. The summed E-state index contributed by atoms with van der Waals surface area (Å²) in [6, 6.07) is 12.1. The molecule has 1 fully saturated rings. The third kappa shape index (κ3) is 3.82. The Morgan fingerprint density at radius 3 is 2.57 bits per heavy atom. The van der Waals surface area contributed by atoms with Gasteiger partial charge in [-0.1, -0.05) is 29.8 Å². The number of aliphatic hydroxyl groups excluding tert-OH is 1. The van der Waals surface area contributed by atoms with E-state index in [2.05, 4.69) is 9.88 Å². The molecule has 0 amide bonds. The molecular weight excluding hydrogens is 284 g/mol. The van der Waals surface area contributed by atoms with Crippen LogP contribution in [0.5, 0.6) is 0 Å². The minimum absolute atomic E-state index is 0.555. The van der Waals surface area contributed by atoms with Gasteiger partial charge in [-0.25, -0.2) is 0 Å². The molecule has 0 aliphatic heterocycles. The van der Waals surface area contributed by atoms with Gasteiger partial charge in [-0.3, -0.25) is 9.88 Å². The van der Waals surface area contributed by atoms with Gasteiger partial charge in [0, 0.05) is 42.1 Å². The molecule has 1 unspecified atom stereocenters.